The van der Waals surface area contributed by atoms with Crippen LogP contribution in [-0.2, 0) is 11.2 Å². The van der Waals surface area contributed by atoms with Crippen molar-refractivity contribution in [3.05, 3.63) is 17.0 Å². The SMILES string of the molecule is Cc1nn(C(F)F)c(C)c1CC(=O)N1CCNC(C)C1C. The molecule has 0 aliphatic carbocycles. The zero-order valence-electron chi connectivity index (χ0n) is 12.9. The third kappa shape index (κ3) is 3.07. The van der Waals surface area contributed by atoms with Crippen molar-refractivity contribution in [1.82, 2.24) is 20.0 Å². The molecule has 0 spiro atoms. The Morgan fingerprint density at radius 3 is 2.67 bits per heavy atom. The second kappa shape index (κ2) is 6.09. The minimum absolute atomic E-state index is 0.0316. The van der Waals surface area contributed by atoms with Crippen molar-refractivity contribution in [2.45, 2.75) is 52.7 Å². The molecule has 1 fully saturated rings. The van der Waals surface area contributed by atoms with Gasteiger partial charge in [0.15, 0.2) is 0 Å². The normalized spacial score (nSPS) is 22.9. The van der Waals surface area contributed by atoms with Gasteiger partial charge in [-0.25, -0.2) is 4.68 Å². The lowest BCUT2D eigenvalue weighted by molar-refractivity contribution is -0.134. The molecule has 7 heteroatoms. The molecule has 1 N–H and O–H groups in total. The first-order chi connectivity index (χ1) is 9.82. The molecule has 2 rings (SSSR count). The first kappa shape index (κ1) is 15.9. The zero-order valence-corrected chi connectivity index (χ0v) is 12.9. The van der Waals surface area contributed by atoms with Crippen LogP contribution in [0.2, 0.25) is 0 Å². The minimum Gasteiger partial charge on any atom is -0.337 e. The molecule has 1 aliphatic heterocycles. The van der Waals surface area contributed by atoms with Crippen molar-refractivity contribution in [3.8, 4) is 0 Å². The van der Waals surface area contributed by atoms with E-state index in [9.17, 15) is 13.6 Å². The molecule has 5 nitrogen and oxygen atoms in total. The van der Waals surface area contributed by atoms with Crippen LogP contribution in [0.5, 0.6) is 0 Å². The summed E-state index contributed by atoms with van der Waals surface area (Å²) >= 11 is 0. The fraction of sp³-hybridized carbons (Fsp3) is 0.714. The molecule has 2 unspecified atom stereocenters. The summed E-state index contributed by atoms with van der Waals surface area (Å²) in [6.07, 6.45) is 0.126. The third-order valence-corrected chi connectivity index (χ3v) is 4.34. The summed E-state index contributed by atoms with van der Waals surface area (Å²) in [4.78, 5) is 14.3. The lowest BCUT2D eigenvalue weighted by Crippen LogP contribution is -2.57. The van der Waals surface area contributed by atoms with Gasteiger partial charge in [-0.1, -0.05) is 0 Å². The number of piperazine rings is 1. The van der Waals surface area contributed by atoms with Gasteiger partial charge in [-0.2, -0.15) is 13.9 Å². The number of nitrogens with one attached hydrogen (secondary N) is 1. The van der Waals surface area contributed by atoms with E-state index in [1.807, 2.05) is 18.7 Å². The van der Waals surface area contributed by atoms with Gasteiger partial charge in [0, 0.05) is 36.4 Å². The summed E-state index contributed by atoms with van der Waals surface area (Å²) in [6, 6.07) is 0.325. The van der Waals surface area contributed by atoms with E-state index >= 15 is 0 Å². The second-order valence-electron chi connectivity index (χ2n) is 5.62. The Hall–Kier alpha value is -1.50. The summed E-state index contributed by atoms with van der Waals surface area (Å²) in [7, 11) is 0. The number of amides is 1. The van der Waals surface area contributed by atoms with Crippen molar-refractivity contribution in [3.63, 3.8) is 0 Å². The van der Waals surface area contributed by atoms with Crippen LogP contribution in [0, 0.1) is 13.8 Å². The molecule has 1 amide bonds. The van der Waals surface area contributed by atoms with E-state index in [4.69, 9.17) is 0 Å². The van der Waals surface area contributed by atoms with E-state index < -0.39 is 6.55 Å². The topological polar surface area (TPSA) is 50.2 Å². The Labute approximate surface area is 123 Å². The average molecular weight is 300 g/mol. The van der Waals surface area contributed by atoms with Crippen LogP contribution in [0.4, 0.5) is 8.78 Å². The van der Waals surface area contributed by atoms with Gasteiger partial charge in [0.05, 0.1) is 12.1 Å². The van der Waals surface area contributed by atoms with Crippen LogP contribution < -0.4 is 5.32 Å². The van der Waals surface area contributed by atoms with Crippen LogP contribution in [0.1, 0.15) is 37.3 Å². The van der Waals surface area contributed by atoms with Gasteiger partial charge >= 0.3 is 6.55 Å². The highest BCUT2D eigenvalue weighted by Gasteiger charge is 2.29. The lowest BCUT2D eigenvalue weighted by atomic mass is 10.0. The van der Waals surface area contributed by atoms with Crippen molar-refractivity contribution in [2.24, 2.45) is 0 Å². The summed E-state index contributed by atoms with van der Waals surface area (Å²) in [6.45, 7) is 6.01. The smallest absolute Gasteiger partial charge is 0.333 e. The Morgan fingerprint density at radius 1 is 1.43 bits per heavy atom. The molecular weight excluding hydrogens is 278 g/mol. The van der Waals surface area contributed by atoms with E-state index in [2.05, 4.69) is 10.4 Å². The summed E-state index contributed by atoms with van der Waals surface area (Å²) in [5, 5.41) is 7.14. The van der Waals surface area contributed by atoms with Crippen LogP contribution in [0.15, 0.2) is 0 Å². The maximum Gasteiger partial charge on any atom is 0.333 e. The largest absolute Gasteiger partial charge is 0.337 e. The number of carbonyl (C=O) groups is 1. The molecule has 0 saturated carbocycles. The molecule has 2 heterocycles. The molecule has 1 aliphatic rings. The molecule has 1 aromatic rings. The van der Waals surface area contributed by atoms with Crippen molar-refractivity contribution < 1.29 is 13.6 Å². The standard InChI is InChI=1S/C14H22F2N4O/c1-8-10(3)19(6-5-17-8)13(21)7-12-9(2)18-20(11(12)4)14(15)16/h8,10,14,17H,5-7H2,1-4H3. The van der Waals surface area contributed by atoms with E-state index in [0.717, 1.165) is 6.54 Å². The maximum absolute atomic E-state index is 12.8. The first-order valence-electron chi connectivity index (χ1n) is 7.18. The average Bonchev–Trinajstić information content (AvgIpc) is 2.70. The summed E-state index contributed by atoms with van der Waals surface area (Å²) in [5.74, 6) is -0.0316. The second-order valence-corrected chi connectivity index (χ2v) is 5.62. The van der Waals surface area contributed by atoms with Crippen LogP contribution in [0.3, 0.4) is 0 Å². The van der Waals surface area contributed by atoms with Gasteiger partial charge in [-0.3, -0.25) is 4.79 Å². The lowest BCUT2D eigenvalue weighted by Gasteiger charge is -2.38. The Kier molecular flexibility index (Phi) is 4.61. The molecule has 118 valence electrons. The van der Waals surface area contributed by atoms with Crippen molar-refractivity contribution >= 4 is 5.91 Å². The molecule has 0 aromatic carbocycles. The molecule has 1 aromatic heterocycles. The number of halogens is 2. The predicted octanol–water partition coefficient (Wildman–Crippen LogP) is 1.65. The monoisotopic (exact) mass is 300 g/mol. The van der Waals surface area contributed by atoms with E-state index in [1.165, 1.54) is 0 Å². The third-order valence-electron chi connectivity index (χ3n) is 4.34. The number of carbonyl (C=O) groups excluding carboxylic acids is 1. The molecule has 21 heavy (non-hydrogen) atoms. The van der Waals surface area contributed by atoms with E-state index in [1.54, 1.807) is 13.8 Å². The fourth-order valence-corrected chi connectivity index (χ4v) is 2.80. The molecule has 0 radical (unpaired) electrons. The molecule has 1 saturated heterocycles. The highest BCUT2D eigenvalue weighted by molar-refractivity contribution is 5.79. The Bertz CT molecular complexity index is 529. The number of aryl methyl sites for hydroxylation is 1. The Morgan fingerprint density at radius 2 is 2.10 bits per heavy atom. The van der Waals surface area contributed by atoms with Gasteiger partial charge in [-0.05, 0) is 27.7 Å². The maximum atomic E-state index is 12.8. The first-order valence-corrected chi connectivity index (χ1v) is 7.18. The van der Waals surface area contributed by atoms with Gasteiger partial charge in [0.1, 0.15) is 0 Å². The highest BCUT2D eigenvalue weighted by Crippen LogP contribution is 2.21. The quantitative estimate of drug-likeness (QED) is 0.923. The number of rotatable bonds is 3. The minimum atomic E-state index is -2.68. The number of aromatic nitrogens is 2. The number of alkyl halides is 2. The molecule has 0 bridgehead atoms. The number of nitrogens with zero attached hydrogens (tertiary/aromatic N) is 3. The van der Waals surface area contributed by atoms with Crippen LogP contribution in [-0.4, -0.2) is 45.8 Å². The predicted molar refractivity (Wildman–Crippen MR) is 75.3 cm³/mol. The Balaban J connectivity index is 2.16. The van der Waals surface area contributed by atoms with Crippen molar-refractivity contribution in [2.75, 3.05) is 13.1 Å². The molecular formula is C14H22F2N4O. The van der Waals surface area contributed by atoms with Gasteiger partial charge in [0.25, 0.3) is 0 Å². The number of hydrogen-bond donors (Lipinski definition) is 1. The van der Waals surface area contributed by atoms with Crippen molar-refractivity contribution in [1.29, 1.82) is 0 Å². The van der Waals surface area contributed by atoms with Crippen LogP contribution in [0.25, 0.3) is 0 Å². The number of hydrogen-bond acceptors (Lipinski definition) is 3. The molecule has 2 atom stereocenters. The van der Waals surface area contributed by atoms with E-state index in [0.29, 0.717) is 28.2 Å². The summed E-state index contributed by atoms with van der Waals surface area (Å²) < 4.78 is 26.3. The highest BCUT2D eigenvalue weighted by atomic mass is 19.3. The van der Waals surface area contributed by atoms with Gasteiger partial charge in [-0.15, -0.1) is 0 Å². The van der Waals surface area contributed by atoms with Gasteiger partial charge in [0.2, 0.25) is 5.91 Å². The fourth-order valence-electron chi connectivity index (χ4n) is 2.80. The van der Waals surface area contributed by atoms with Gasteiger partial charge < -0.3 is 10.2 Å². The van der Waals surface area contributed by atoms with Crippen LogP contribution >= 0.6 is 0 Å². The summed E-state index contributed by atoms with van der Waals surface area (Å²) in [5.41, 5.74) is 1.47. The van der Waals surface area contributed by atoms with E-state index in [-0.39, 0.29) is 24.4 Å². The zero-order chi connectivity index (χ0) is 15.7.